The van der Waals surface area contributed by atoms with Crippen molar-refractivity contribution in [2.24, 2.45) is 12.1 Å². The molecule has 0 unspecified atom stereocenters. The second-order valence-electron chi connectivity index (χ2n) is 2.93. The highest BCUT2D eigenvalue weighted by atomic mass is 16.3. The van der Waals surface area contributed by atoms with Crippen molar-refractivity contribution in [1.29, 1.82) is 0 Å². The standard InChI is InChI=1S/C9H9N5O/c1-13-7-10-14(12-13)11-9(15)8-5-3-2-4-6-8/h2-7H,1H3. The molecule has 0 aliphatic rings. The van der Waals surface area contributed by atoms with Crippen LogP contribution in [0.5, 0.6) is 0 Å². The Morgan fingerprint density at radius 1 is 1.40 bits per heavy atom. The summed E-state index contributed by atoms with van der Waals surface area (Å²) >= 11 is 0. The van der Waals surface area contributed by atoms with Gasteiger partial charge in [-0.2, -0.15) is 0 Å². The first-order chi connectivity index (χ1) is 7.25. The number of aromatic nitrogens is 4. The molecule has 0 radical (unpaired) electrons. The minimum absolute atomic E-state index is 0.369. The first-order valence-electron chi connectivity index (χ1n) is 4.35. The molecule has 0 fully saturated rings. The zero-order valence-electron chi connectivity index (χ0n) is 8.11. The fourth-order valence-electron chi connectivity index (χ4n) is 1.06. The minimum Gasteiger partial charge on any atom is -0.856 e. The van der Waals surface area contributed by atoms with E-state index in [0.717, 1.165) is 4.91 Å². The third-order valence-electron chi connectivity index (χ3n) is 1.74. The summed E-state index contributed by atoms with van der Waals surface area (Å²) in [4.78, 5) is 0.995. The van der Waals surface area contributed by atoms with Gasteiger partial charge in [0, 0.05) is 5.90 Å². The highest BCUT2D eigenvalue weighted by molar-refractivity contribution is 5.90. The fraction of sp³-hybridized carbons (Fsp3) is 0.111. The Labute approximate surface area is 86.1 Å². The molecule has 0 amide bonds. The van der Waals surface area contributed by atoms with E-state index in [1.54, 1.807) is 31.3 Å². The average molecular weight is 203 g/mol. The monoisotopic (exact) mass is 203 g/mol. The molecule has 0 atom stereocenters. The average Bonchev–Trinajstić information content (AvgIpc) is 2.65. The van der Waals surface area contributed by atoms with Crippen molar-refractivity contribution in [1.82, 2.24) is 15.2 Å². The van der Waals surface area contributed by atoms with E-state index in [2.05, 4.69) is 15.4 Å². The van der Waals surface area contributed by atoms with Gasteiger partial charge in [-0.05, 0) is 5.56 Å². The predicted octanol–water partition coefficient (Wildman–Crippen LogP) is -1.33. The van der Waals surface area contributed by atoms with Crippen LogP contribution in [0.1, 0.15) is 5.56 Å². The SMILES string of the molecule is C[n+]1cnn(/N=C(\[O-])c2ccccc2)n1. The molecule has 76 valence electrons. The summed E-state index contributed by atoms with van der Waals surface area (Å²) in [6.07, 6.45) is 1.46. The van der Waals surface area contributed by atoms with Crippen LogP contribution in [0.25, 0.3) is 0 Å². The van der Waals surface area contributed by atoms with Crippen molar-refractivity contribution in [3.8, 4) is 0 Å². The summed E-state index contributed by atoms with van der Waals surface area (Å²) in [5.41, 5.74) is 0.512. The first kappa shape index (κ1) is 9.32. The van der Waals surface area contributed by atoms with Crippen molar-refractivity contribution in [3.63, 3.8) is 0 Å². The van der Waals surface area contributed by atoms with Gasteiger partial charge < -0.3 is 5.11 Å². The highest BCUT2D eigenvalue weighted by Crippen LogP contribution is 1.96. The number of rotatable bonds is 2. The van der Waals surface area contributed by atoms with Gasteiger partial charge in [0.25, 0.3) is 6.33 Å². The summed E-state index contributed by atoms with van der Waals surface area (Å²) in [5.74, 6) is -0.369. The lowest BCUT2D eigenvalue weighted by atomic mass is 10.2. The number of hydrogen-bond donors (Lipinski definition) is 0. The second-order valence-corrected chi connectivity index (χ2v) is 2.93. The van der Waals surface area contributed by atoms with Gasteiger partial charge in [-0.3, -0.25) is 0 Å². The van der Waals surface area contributed by atoms with Crippen molar-refractivity contribution >= 4 is 5.90 Å². The van der Waals surface area contributed by atoms with E-state index in [1.165, 1.54) is 11.0 Å². The molecule has 0 aliphatic heterocycles. The quantitative estimate of drug-likeness (QED) is 0.345. The molecule has 1 heterocycles. The smallest absolute Gasteiger partial charge is 0.288 e. The van der Waals surface area contributed by atoms with Gasteiger partial charge >= 0.3 is 0 Å². The van der Waals surface area contributed by atoms with E-state index in [4.69, 9.17) is 0 Å². The molecule has 2 rings (SSSR count). The number of aryl methyl sites for hydroxylation is 1. The van der Waals surface area contributed by atoms with Crippen LogP contribution in [-0.2, 0) is 7.05 Å². The van der Waals surface area contributed by atoms with E-state index in [0.29, 0.717) is 5.56 Å². The Morgan fingerprint density at radius 3 is 2.73 bits per heavy atom. The van der Waals surface area contributed by atoms with Crippen molar-refractivity contribution in [2.75, 3.05) is 0 Å². The van der Waals surface area contributed by atoms with Gasteiger partial charge in [0.05, 0.1) is 17.4 Å². The Balaban J connectivity index is 2.28. The van der Waals surface area contributed by atoms with E-state index in [9.17, 15) is 5.11 Å². The van der Waals surface area contributed by atoms with Crippen molar-refractivity contribution in [2.45, 2.75) is 0 Å². The maximum absolute atomic E-state index is 11.5. The topological polar surface area (TPSA) is 70.0 Å². The van der Waals surface area contributed by atoms with Gasteiger partial charge in [-0.15, -0.1) is 4.68 Å². The molecule has 2 aromatic rings. The van der Waals surface area contributed by atoms with Crippen LogP contribution >= 0.6 is 0 Å². The van der Waals surface area contributed by atoms with E-state index < -0.39 is 0 Å². The van der Waals surface area contributed by atoms with E-state index >= 15 is 0 Å². The molecule has 0 N–H and O–H groups in total. The van der Waals surface area contributed by atoms with Crippen molar-refractivity contribution in [3.05, 3.63) is 42.2 Å². The van der Waals surface area contributed by atoms with Gasteiger partial charge in [-0.1, -0.05) is 35.4 Å². The molecule has 1 aromatic carbocycles. The molecule has 6 nitrogen and oxygen atoms in total. The second kappa shape index (κ2) is 3.87. The lowest BCUT2D eigenvalue weighted by Gasteiger charge is -2.05. The highest BCUT2D eigenvalue weighted by Gasteiger charge is 2.01. The third-order valence-corrected chi connectivity index (χ3v) is 1.74. The van der Waals surface area contributed by atoms with Crippen LogP contribution in [0.2, 0.25) is 0 Å². The van der Waals surface area contributed by atoms with E-state index in [-0.39, 0.29) is 5.90 Å². The van der Waals surface area contributed by atoms with Crippen LogP contribution < -0.4 is 9.79 Å². The fourth-order valence-corrected chi connectivity index (χ4v) is 1.06. The summed E-state index contributed by atoms with van der Waals surface area (Å²) in [5, 5.41) is 22.8. The van der Waals surface area contributed by atoms with Crippen LogP contribution in [0.3, 0.4) is 0 Å². The van der Waals surface area contributed by atoms with Gasteiger partial charge in [-0.25, -0.2) is 0 Å². The van der Waals surface area contributed by atoms with Gasteiger partial charge in [0.1, 0.15) is 4.91 Å². The van der Waals surface area contributed by atoms with Crippen molar-refractivity contribution < 1.29 is 9.79 Å². The molecular weight excluding hydrogens is 194 g/mol. The Hall–Kier alpha value is -2.24. The van der Waals surface area contributed by atoms with Crippen LogP contribution in [0.4, 0.5) is 0 Å². The number of tetrazole rings is 1. The van der Waals surface area contributed by atoms with Crippen LogP contribution in [0.15, 0.2) is 41.8 Å². The molecule has 6 heteroatoms. The Bertz CT molecular complexity index is 476. The summed E-state index contributed by atoms with van der Waals surface area (Å²) in [7, 11) is 1.70. The first-order valence-corrected chi connectivity index (χ1v) is 4.35. The normalized spacial score (nSPS) is 11.7. The molecule has 0 saturated carbocycles. The molecule has 15 heavy (non-hydrogen) atoms. The Kier molecular flexibility index (Phi) is 2.40. The maximum Gasteiger partial charge on any atom is 0.288 e. The predicted molar refractivity (Wildman–Crippen MR) is 49.6 cm³/mol. The van der Waals surface area contributed by atoms with Gasteiger partial charge in [0.2, 0.25) is 0 Å². The van der Waals surface area contributed by atoms with E-state index in [1.807, 2.05) is 6.07 Å². The molecule has 1 aromatic heterocycles. The lowest BCUT2D eigenvalue weighted by molar-refractivity contribution is -0.733. The van der Waals surface area contributed by atoms with Crippen LogP contribution in [-0.4, -0.2) is 21.1 Å². The molecule has 0 bridgehead atoms. The Morgan fingerprint density at radius 2 is 2.13 bits per heavy atom. The zero-order chi connectivity index (χ0) is 10.7. The summed E-state index contributed by atoms with van der Waals surface area (Å²) in [6, 6.07) is 8.77. The molecule has 0 saturated heterocycles. The number of hydrogen-bond acceptors (Lipinski definition) is 4. The van der Waals surface area contributed by atoms with Gasteiger partial charge in [0.15, 0.2) is 0 Å². The number of nitrogens with zero attached hydrogens (tertiary/aromatic N) is 5. The largest absolute Gasteiger partial charge is 0.856 e. The number of benzene rings is 1. The molecule has 0 spiro atoms. The summed E-state index contributed by atoms with van der Waals surface area (Å²) < 4.78 is 1.46. The molecule has 0 aliphatic carbocycles. The minimum atomic E-state index is -0.369. The lowest BCUT2D eigenvalue weighted by Crippen LogP contribution is -2.30. The molecular formula is C9H9N5O. The summed E-state index contributed by atoms with van der Waals surface area (Å²) in [6.45, 7) is 0. The zero-order valence-corrected chi connectivity index (χ0v) is 8.11. The van der Waals surface area contributed by atoms with Crippen LogP contribution in [0, 0.1) is 0 Å². The third kappa shape index (κ3) is 2.16. The maximum atomic E-state index is 11.5.